The molecule has 0 saturated carbocycles. The number of anilines is 6. The van der Waals surface area contributed by atoms with E-state index in [4.69, 9.17) is 30.8 Å². The molecule has 5 rings (SSSR count). The topological polar surface area (TPSA) is 88.1 Å². The molecule has 0 radical (unpaired) electrons. The van der Waals surface area contributed by atoms with Gasteiger partial charge in [-0.05, 0) is 24.3 Å². The van der Waals surface area contributed by atoms with Crippen molar-refractivity contribution in [3.63, 3.8) is 0 Å². The van der Waals surface area contributed by atoms with E-state index in [1.54, 1.807) is 19.5 Å². The summed E-state index contributed by atoms with van der Waals surface area (Å²) < 4.78 is 16.4. The second kappa shape index (κ2) is 11.2. The number of hydrogen-bond acceptors (Lipinski definition) is 10. The summed E-state index contributed by atoms with van der Waals surface area (Å²) in [7, 11) is 3.47. The standard InChI is InChI=1S/C25H30ClN7O3/c1-31(21-16-22(34-2)24(26)28-17-21)23-3-4-27-25(30-23)29-18-13-19(32-5-9-35-10-6-32)15-20(14-18)33-7-11-36-12-8-33/h3-4,13-17H,5-12H2,1-2H3,(H,27,29,30). The number of benzene rings is 1. The number of halogens is 1. The predicted molar refractivity (Wildman–Crippen MR) is 142 cm³/mol. The molecule has 0 aliphatic carbocycles. The van der Waals surface area contributed by atoms with Gasteiger partial charge in [-0.3, -0.25) is 0 Å². The first-order chi connectivity index (χ1) is 17.6. The van der Waals surface area contributed by atoms with Crippen molar-refractivity contribution in [3.8, 4) is 5.75 Å². The second-order valence-corrected chi connectivity index (χ2v) is 8.90. The van der Waals surface area contributed by atoms with Crippen LogP contribution in [-0.2, 0) is 9.47 Å². The summed E-state index contributed by atoms with van der Waals surface area (Å²) >= 11 is 6.09. The van der Waals surface area contributed by atoms with Gasteiger partial charge in [0.25, 0.3) is 0 Å². The number of hydrogen-bond donors (Lipinski definition) is 1. The van der Waals surface area contributed by atoms with Gasteiger partial charge in [0.1, 0.15) is 5.82 Å². The van der Waals surface area contributed by atoms with Crippen LogP contribution in [0.3, 0.4) is 0 Å². The highest BCUT2D eigenvalue weighted by molar-refractivity contribution is 6.30. The van der Waals surface area contributed by atoms with E-state index in [0.717, 1.165) is 75.4 Å². The highest BCUT2D eigenvalue weighted by Gasteiger charge is 2.18. The molecule has 0 spiro atoms. The van der Waals surface area contributed by atoms with Crippen molar-refractivity contribution in [1.29, 1.82) is 0 Å². The van der Waals surface area contributed by atoms with Crippen LogP contribution in [0.4, 0.5) is 34.5 Å². The number of nitrogens with zero attached hydrogens (tertiary/aromatic N) is 6. The first-order valence-corrected chi connectivity index (χ1v) is 12.3. The molecule has 11 heteroatoms. The summed E-state index contributed by atoms with van der Waals surface area (Å²) in [6.07, 6.45) is 3.41. The number of ether oxygens (including phenoxy) is 3. The summed E-state index contributed by atoms with van der Waals surface area (Å²) in [5.41, 5.74) is 4.02. The van der Waals surface area contributed by atoms with Gasteiger partial charge in [0.15, 0.2) is 10.9 Å². The molecule has 1 aromatic carbocycles. The number of aromatic nitrogens is 3. The summed E-state index contributed by atoms with van der Waals surface area (Å²) in [5, 5.41) is 3.73. The SMILES string of the molecule is COc1cc(N(C)c2ccnc(Nc3cc(N4CCOCC4)cc(N4CCOCC4)c3)n2)cnc1Cl. The Morgan fingerprint density at radius 3 is 2.19 bits per heavy atom. The molecule has 3 aromatic rings. The van der Waals surface area contributed by atoms with Crippen LogP contribution < -0.4 is 24.8 Å². The Morgan fingerprint density at radius 2 is 1.58 bits per heavy atom. The lowest BCUT2D eigenvalue weighted by Crippen LogP contribution is -2.38. The average Bonchev–Trinajstić information content (AvgIpc) is 2.94. The average molecular weight is 512 g/mol. The zero-order valence-corrected chi connectivity index (χ0v) is 21.2. The van der Waals surface area contributed by atoms with Gasteiger partial charge in [0, 0.05) is 62.6 Å². The normalized spacial score (nSPS) is 16.1. The van der Waals surface area contributed by atoms with E-state index >= 15 is 0 Å². The smallest absolute Gasteiger partial charge is 0.229 e. The zero-order chi connectivity index (χ0) is 24.9. The number of nitrogens with one attached hydrogen (secondary N) is 1. The Bertz CT molecular complexity index is 1150. The molecule has 2 aliphatic heterocycles. The Morgan fingerprint density at radius 1 is 0.944 bits per heavy atom. The first kappa shape index (κ1) is 24.4. The third-order valence-corrected chi connectivity index (χ3v) is 6.58. The summed E-state index contributed by atoms with van der Waals surface area (Å²) in [4.78, 5) is 20.0. The second-order valence-electron chi connectivity index (χ2n) is 8.55. The van der Waals surface area contributed by atoms with E-state index in [-0.39, 0.29) is 0 Å². The van der Waals surface area contributed by atoms with Gasteiger partial charge in [-0.25, -0.2) is 9.97 Å². The van der Waals surface area contributed by atoms with E-state index in [9.17, 15) is 0 Å². The van der Waals surface area contributed by atoms with Crippen LogP contribution in [0.25, 0.3) is 0 Å². The van der Waals surface area contributed by atoms with Gasteiger partial charge in [-0.2, -0.15) is 4.98 Å². The molecule has 2 saturated heterocycles. The minimum atomic E-state index is 0.316. The van der Waals surface area contributed by atoms with Crippen molar-refractivity contribution in [2.75, 3.05) is 86.8 Å². The Balaban J connectivity index is 1.41. The highest BCUT2D eigenvalue weighted by atomic mass is 35.5. The lowest BCUT2D eigenvalue weighted by atomic mass is 10.2. The number of rotatable bonds is 7. The van der Waals surface area contributed by atoms with Gasteiger partial charge >= 0.3 is 0 Å². The molecule has 36 heavy (non-hydrogen) atoms. The van der Waals surface area contributed by atoms with E-state index in [1.165, 1.54) is 0 Å². The molecular weight excluding hydrogens is 482 g/mol. The summed E-state index contributed by atoms with van der Waals surface area (Å²) in [6, 6.07) is 10.2. The van der Waals surface area contributed by atoms with Crippen molar-refractivity contribution >= 4 is 46.1 Å². The van der Waals surface area contributed by atoms with Crippen LogP contribution in [0.2, 0.25) is 5.15 Å². The van der Waals surface area contributed by atoms with Crippen LogP contribution in [0, 0.1) is 0 Å². The van der Waals surface area contributed by atoms with Crippen molar-refractivity contribution < 1.29 is 14.2 Å². The molecule has 1 N–H and O–H groups in total. The fourth-order valence-electron chi connectivity index (χ4n) is 4.28. The fraction of sp³-hybridized carbons (Fsp3) is 0.400. The third-order valence-electron chi connectivity index (χ3n) is 6.30. The maximum Gasteiger partial charge on any atom is 0.229 e. The van der Waals surface area contributed by atoms with Crippen LogP contribution >= 0.6 is 11.6 Å². The molecule has 0 amide bonds. The molecule has 0 unspecified atom stereocenters. The minimum absolute atomic E-state index is 0.316. The van der Waals surface area contributed by atoms with Gasteiger partial charge in [-0.1, -0.05) is 11.6 Å². The van der Waals surface area contributed by atoms with E-state index in [1.807, 2.05) is 24.1 Å². The van der Waals surface area contributed by atoms with E-state index < -0.39 is 0 Å². The first-order valence-electron chi connectivity index (χ1n) is 11.9. The molecule has 2 aromatic heterocycles. The van der Waals surface area contributed by atoms with Gasteiger partial charge in [0.2, 0.25) is 5.95 Å². The van der Waals surface area contributed by atoms with Gasteiger partial charge < -0.3 is 34.2 Å². The lowest BCUT2D eigenvalue weighted by Gasteiger charge is -2.33. The predicted octanol–water partition coefficient (Wildman–Crippen LogP) is 3.72. The number of methoxy groups -OCH3 is 1. The molecular formula is C25H30ClN7O3. The molecule has 2 aliphatic rings. The maximum absolute atomic E-state index is 6.09. The largest absolute Gasteiger partial charge is 0.493 e. The quantitative estimate of drug-likeness (QED) is 0.473. The highest BCUT2D eigenvalue weighted by Crippen LogP contribution is 2.32. The molecule has 4 heterocycles. The minimum Gasteiger partial charge on any atom is -0.493 e. The van der Waals surface area contributed by atoms with Crippen molar-refractivity contribution in [3.05, 3.63) is 47.9 Å². The van der Waals surface area contributed by atoms with Crippen LogP contribution in [-0.4, -0.2) is 81.7 Å². The van der Waals surface area contributed by atoms with Crippen LogP contribution in [0.15, 0.2) is 42.7 Å². The van der Waals surface area contributed by atoms with Crippen molar-refractivity contribution in [1.82, 2.24) is 15.0 Å². The molecule has 2 fully saturated rings. The van der Waals surface area contributed by atoms with E-state index in [2.05, 4.69) is 43.3 Å². The maximum atomic E-state index is 6.09. The fourth-order valence-corrected chi connectivity index (χ4v) is 4.46. The molecule has 10 nitrogen and oxygen atoms in total. The Kier molecular flexibility index (Phi) is 7.55. The summed E-state index contributed by atoms with van der Waals surface area (Å²) in [6.45, 7) is 6.36. The van der Waals surface area contributed by atoms with E-state index in [0.29, 0.717) is 22.7 Å². The van der Waals surface area contributed by atoms with Gasteiger partial charge in [0.05, 0.1) is 45.4 Å². The van der Waals surface area contributed by atoms with Crippen molar-refractivity contribution in [2.24, 2.45) is 0 Å². The third kappa shape index (κ3) is 5.56. The number of morpholine rings is 2. The zero-order valence-electron chi connectivity index (χ0n) is 20.5. The lowest BCUT2D eigenvalue weighted by molar-refractivity contribution is 0.122. The number of pyridine rings is 1. The van der Waals surface area contributed by atoms with Crippen molar-refractivity contribution in [2.45, 2.75) is 0 Å². The molecule has 0 bridgehead atoms. The molecule has 0 atom stereocenters. The Labute approximate surface area is 215 Å². The Hall–Kier alpha value is -3.34. The molecule has 190 valence electrons. The van der Waals surface area contributed by atoms with Crippen LogP contribution in [0.5, 0.6) is 5.75 Å². The summed E-state index contributed by atoms with van der Waals surface area (Å²) in [5.74, 6) is 1.71. The van der Waals surface area contributed by atoms with Gasteiger partial charge in [-0.15, -0.1) is 0 Å². The monoisotopic (exact) mass is 511 g/mol. The van der Waals surface area contributed by atoms with Crippen LogP contribution in [0.1, 0.15) is 0 Å².